The summed E-state index contributed by atoms with van der Waals surface area (Å²) in [7, 11) is 0. The average molecular weight is 446 g/mol. The third-order valence-corrected chi connectivity index (χ3v) is 4.47. The van der Waals surface area contributed by atoms with Crippen LogP contribution in [0.15, 0.2) is 54.6 Å². The predicted octanol–water partition coefficient (Wildman–Crippen LogP) is 4.87. The second-order valence-electron chi connectivity index (χ2n) is 5.30. The van der Waals surface area contributed by atoms with Crippen LogP contribution in [0.25, 0.3) is 10.8 Å². The molecule has 0 bridgehead atoms. The van der Waals surface area contributed by atoms with Crippen LogP contribution in [0, 0.1) is 3.57 Å². The summed E-state index contributed by atoms with van der Waals surface area (Å²) < 4.78 is 11.8. The van der Waals surface area contributed by atoms with E-state index in [2.05, 4.69) is 0 Å². The van der Waals surface area contributed by atoms with Gasteiger partial charge < -0.3 is 9.47 Å². The summed E-state index contributed by atoms with van der Waals surface area (Å²) in [5.41, 5.74) is 0.952. The molecule has 0 saturated heterocycles. The largest absolute Gasteiger partial charge is 0.490 e. The fourth-order valence-corrected chi connectivity index (χ4v) is 3.30. The molecule has 0 aromatic heterocycles. The second kappa shape index (κ2) is 7.65. The number of benzene rings is 3. The van der Waals surface area contributed by atoms with Gasteiger partial charge in [-0.15, -0.1) is 0 Å². The average Bonchev–Trinajstić information content (AvgIpc) is 2.63. The first kappa shape index (κ1) is 17.4. The van der Waals surface area contributed by atoms with Gasteiger partial charge in [0.1, 0.15) is 6.29 Å². The topological polar surface area (TPSA) is 52.6 Å². The van der Waals surface area contributed by atoms with E-state index in [9.17, 15) is 9.59 Å². The lowest BCUT2D eigenvalue weighted by Gasteiger charge is -2.14. The normalized spacial score (nSPS) is 10.5. The van der Waals surface area contributed by atoms with Crippen molar-refractivity contribution in [2.75, 3.05) is 6.61 Å². The van der Waals surface area contributed by atoms with Gasteiger partial charge in [-0.05, 0) is 58.5 Å². The van der Waals surface area contributed by atoms with E-state index in [1.54, 1.807) is 18.2 Å². The van der Waals surface area contributed by atoms with E-state index in [1.807, 2.05) is 65.9 Å². The summed E-state index contributed by atoms with van der Waals surface area (Å²) in [5, 5.41) is 1.79. The molecule has 0 radical (unpaired) electrons. The second-order valence-corrected chi connectivity index (χ2v) is 6.46. The molecule has 0 aliphatic heterocycles. The first-order valence-corrected chi connectivity index (χ1v) is 8.83. The fraction of sp³-hybridized carbons (Fsp3) is 0.100. The monoisotopic (exact) mass is 446 g/mol. The van der Waals surface area contributed by atoms with E-state index in [0.29, 0.717) is 32.8 Å². The molecule has 0 N–H and O–H groups in total. The number of hydrogen-bond donors (Lipinski definition) is 0. The number of carbonyl (C=O) groups is 2. The van der Waals surface area contributed by atoms with Crippen molar-refractivity contribution in [3.8, 4) is 11.5 Å². The van der Waals surface area contributed by atoms with Gasteiger partial charge in [0.2, 0.25) is 0 Å². The standard InChI is InChI=1S/C20H15IO4/c1-2-24-18-11-13(12-22)10-17(21)19(18)25-20(23)16-9-5-7-14-6-3-4-8-15(14)16/h3-12H,2H2,1H3. The van der Waals surface area contributed by atoms with Crippen LogP contribution >= 0.6 is 22.6 Å². The lowest BCUT2D eigenvalue weighted by molar-refractivity contribution is 0.0729. The Bertz CT molecular complexity index is 944. The van der Waals surface area contributed by atoms with Crippen LogP contribution in [0.2, 0.25) is 0 Å². The van der Waals surface area contributed by atoms with Crippen LogP contribution < -0.4 is 9.47 Å². The van der Waals surface area contributed by atoms with Gasteiger partial charge in [0.15, 0.2) is 11.5 Å². The lowest BCUT2D eigenvalue weighted by Crippen LogP contribution is -2.11. The van der Waals surface area contributed by atoms with Crippen LogP contribution in [0.4, 0.5) is 0 Å². The molecule has 0 saturated carbocycles. The highest BCUT2D eigenvalue weighted by atomic mass is 127. The quantitative estimate of drug-likeness (QED) is 0.243. The number of ether oxygens (including phenoxy) is 2. The summed E-state index contributed by atoms with van der Waals surface area (Å²) in [4.78, 5) is 23.8. The number of carbonyl (C=O) groups excluding carboxylic acids is 2. The molecule has 126 valence electrons. The van der Waals surface area contributed by atoms with Gasteiger partial charge in [0, 0.05) is 5.56 Å². The number of rotatable bonds is 5. The van der Waals surface area contributed by atoms with Crippen molar-refractivity contribution in [1.29, 1.82) is 0 Å². The highest BCUT2D eigenvalue weighted by molar-refractivity contribution is 14.1. The van der Waals surface area contributed by atoms with Crippen LogP contribution in [-0.2, 0) is 0 Å². The zero-order valence-electron chi connectivity index (χ0n) is 13.5. The third-order valence-electron chi connectivity index (χ3n) is 3.67. The molecule has 0 atom stereocenters. The molecule has 0 fully saturated rings. The number of hydrogen-bond acceptors (Lipinski definition) is 4. The van der Waals surface area contributed by atoms with E-state index >= 15 is 0 Å². The zero-order valence-corrected chi connectivity index (χ0v) is 15.6. The minimum atomic E-state index is -0.463. The smallest absolute Gasteiger partial charge is 0.344 e. The van der Waals surface area contributed by atoms with Crippen LogP contribution in [0.1, 0.15) is 27.6 Å². The number of esters is 1. The van der Waals surface area contributed by atoms with E-state index in [-0.39, 0.29) is 0 Å². The van der Waals surface area contributed by atoms with Gasteiger partial charge in [-0.25, -0.2) is 4.79 Å². The Hall–Kier alpha value is -2.41. The first-order valence-electron chi connectivity index (χ1n) is 7.75. The number of fused-ring (bicyclic) bond motifs is 1. The van der Waals surface area contributed by atoms with E-state index in [1.165, 1.54) is 0 Å². The van der Waals surface area contributed by atoms with Crippen molar-refractivity contribution < 1.29 is 19.1 Å². The molecule has 3 rings (SSSR count). The zero-order chi connectivity index (χ0) is 17.8. The highest BCUT2D eigenvalue weighted by Crippen LogP contribution is 2.35. The summed E-state index contributed by atoms with van der Waals surface area (Å²) in [6, 6.07) is 16.4. The minimum absolute atomic E-state index is 0.325. The van der Waals surface area contributed by atoms with Crippen molar-refractivity contribution in [2.24, 2.45) is 0 Å². The van der Waals surface area contributed by atoms with Gasteiger partial charge in [-0.3, -0.25) is 4.79 Å². The molecule has 0 spiro atoms. The molecule has 25 heavy (non-hydrogen) atoms. The van der Waals surface area contributed by atoms with Crippen LogP contribution in [0.3, 0.4) is 0 Å². The van der Waals surface area contributed by atoms with Gasteiger partial charge in [-0.1, -0.05) is 36.4 Å². The van der Waals surface area contributed by atoms with E-state index < -0.39 is 5.97 Å². The maximum absolute atomic E-state index is 12.7. The van der Waals surface area contributed by atoms with E-state index in [4.69, 9.17) is 9.47 Å². The lowest BCUT2D eigenvalue weighted by atomic mass is 10.0. The Morgan fingerprint density at radius 2 is 1.88 bits per heavy atom. The van der Waals surface area contributed by atoms with Gasteiger partial charge >= 0.3 is 5.97 Å². The number of halogens is 1. The Morgan fingerprint density at radius 3 is 2.64 bits per heavy atom. The Balaban J connectivity index is 2.01. The molecule has 0 aliphatic rings. The molecule has 0 aliphatic carbocycles. The summed E-state index contributed by atoms with van der Waals surface area (Å²) in [5.74, 6) is 0.241. The molecule has 4 nitrogen and oxygen atoms in total. The fourth-order valence-electron chi connectivity index (χ4n) is 2.57. The minimum Gasteiger partial charge on any atom is -0.490 e. The molecule has 3 aromatic rings. The van der Waals surface area contributed by atoms with Gasteiger partial charge in [0.25, 0.3) is 0 Å². The molecule has 3 aromatic carbocycles. The molecule has 0 unspecified atom stereocenters. The summed E-state index contributed by atoms with van der Waals surface area (Å²) >= 11 is 2.03. The third kappa shape index (κ3) is 3.66. The van der Waals surface area contributed by atoms with Gasteiger partial charge in [-0.2, -0.15) is 0 Å². The summed E-state index contributed by atoms with van der Waals surface area (Å²) in [6.45, 7) is 2.23. The van der Waals surface area contributed by atoms with Gasteiger partial charge in [0.05, 0.1) is 15.7 Å². The molecular weight excluding hydrogens is 431 g/mol. The Morgan fingerprint density at radius 1 is 1.12 bits per heavy atom. The SMILES string of the molecule is CCOc1cc(C=O)cc(I)c1OC(=O)c1cccc2ccccc12. The molecule has 0 heterocycles. The number of aldehydes is 1. The predicted molar refractivity (Wildman–Crippen MR) is 105 cm³/mol. The molecule has 5 heteroatoms. The van der Waals surface area contributed by atoms with Crippen LogP contribution in [0.5, 0.6) is 11.5 Å². The van der Waals surface area contributed by atoms with Crippen LogP contribution in [-0.4, -0.2) is 18.9 Å². The Kier molecular flexibility index (Phi) is 5.33. The summed E-state index contributed by atoms with van der Waals surface area (Å²) in [6.07, 6.45) is 0.737. The molecular formula is C20H15IO4. The van der Waals surface area contributed by atoms with Crippen molar-refractivity contribution in [2.45, 2.75) is 6.92 Å². The molecule has 0 amide bonds. The Labute approximate surface area is 158 Å². The maximum Gasteiger partial charge on any atom is 0.344 e. The highest BCUT2D eigenvalue weighted by Gasteiger charge is 2.18. The van der Waals surface area contributed by atoms with Crippen molar-refractivity contribution >= 4 is 45.6 Å². The van der Waals surface area contributed by atoms with Crippen molar-refractivity contribution in [3.05, 3.63) is 69.3 Å². The van der Waals surface area contributed by atoms with Crippen molar-refractivity contribution in [3.63, 3.8) is 0 Å². The first-order chi connectivity index (χ1) is 12.1. The maximum atomic E-state index is 12.7. The van der Waals surface area contributed by atoms with Crippen molar-refractivity contribution in [1.82, 2.24) is 0 Å². The van der Waals surface area contributed by atoms with E-state index in [0.717, 1.165) is 17.1 Å².